The van der Waals surface area contributed by atoms with E-state index >= 15 is 0 Å². The van der Waals surface area contributed by atoms with Crippen molar-refractivity contribution in [3.8, 4) is 0 Å². The minimum Gasteiger partial charge on any atom is -0.390 e. The molecule has 1 fully saturated rings. The van der Waals surface area contributed by atoms with E-state index < -0.39 is 0 Å². The Hall–Kier alpha value is -0.0400. The maximum atomic E-state index is 9.82. The molecule has 0 aromatic heterocycles. The van der Waals surface area contributed by atoms with Gasteiger partial charge in [-0.05, 0) is 19.3 Å². The molecule has 1 aliphatic carbocycles. The predicted molar refractivity (Wildman–Crippen MR) is 42.9 cm³/mol. The Morgan fingerprint density at radius 2 is 1.90 bits per heavy atom. The van der Waals surface area contributed by atoms with Crippen LogP contribution in [0.5, 0.6) is 0 Å². The first-order chi connectivity index (χ1) is 4.77. The molecule has 1 N–H and O–H groups in total. The Kier molecular flexibility index (Phi) is 2.72. The SMILES string of the molecule is CCCCC1(O)CCCC1. The van der Waals surface area contributed by atoms with Crippen molar-refractivity contribution >= 4 is 0 Å². The molecule has 0 bridgehead atoms. The Morgan fingerprint density at radius 1 is 1.30 bits per heavy atom. The van der Waals surface area contributed by atoms with Crippen molar-refractivity contribution in [1.82, 2.24) is 0 Å². The first kappa shape index (κ1) is 8.06. The third-order valence-corrected chi connectivity index (χ3v) is 2.53. The van der Waals surface area contributed by atoms with Crippen LogP contribution in [0, 0.1) is 0 Å². The van der Waals surface area contributed by atoms with E-state index in [1.807, 2.05) is 0 Å². The van der Waals surface area contributed by atoms with Gasteiger partial charge < -0.3 is 5.11 Å². The van der Waals surface area contributed by atoms with Crippen LogP contribution in [-0.2, 0) is 0 Å². The molecule has 0 heterocycles. The van der Waals surface area contributed by atoms with Crippen LogP contribution in [0.1, 0.15) is 51.9 Å². The zero-order valence-electron chi connectivity index (χ0n) is 6.90. The molecule has 0 aromatic rings. The molecule has 0 aromatic carbocycles. The molecule has 1 saturated carbocycles. The number of aliphatic hydroxyl groups is 1. The zero-order chi connectivity index (χ0) is 7.45. The second-order valence-corrected chi connectivity index (χ2v) is 3.54. The Morgan fingerprint density at radius 3 is 2.40 bits per heavy atom. The highest BCUT2D eigenvalue weighted by molar-refractivity contribution is 4.83. The molecule has 0 spiro atoms. The number of rotatable bonds is 3. The lowest BCUT2D eigenvalue weighted by Gasteiger charge is -2.21. The highest BCUT2D eigenvalue weighted by Crippen LogP contribution is 2.33. The smallest absolute Gasteiger partial charge is 0.0647 e. The van der Waals surface area contributed by atoms with Crippen molar-refractivity contribution < 1.29 is 5.11 Å². The van der Waals surface area contributed by atoms with E-state index in [9.17, 15) is 5.11 Å². The Balaban J connectivity index is 2.22. The third-order valence-electron chi connectivity index (χ3n) is 2.53. The molecular weight excluding hydrogens is 124 g/mol. The van der Waals surface area contributed by atoms with E-state index in [0.717, 1.165) is 19.3 Å². The van der Waals surface area contributed by atoms with Crippen LogP contribution in [-0.4, -0.2) is 10.7 Å². The lowest BCUT2D eigenvalue weighted by atomic mass is 9.95. The molecule has 1 nitrogen and oxygen atoms in total. The van der Waals surface area contributed by atoms with Crippen LogP contribution < -0.4 is 0 Å². The van der Waals surface area contributed by atoms with Gasteiger partial charge in [-0.25, -0.2) is 0 Å². The maximum absolute atomic E-state index is 9.82. The number of hydrogen-bond donors (Lipinski definition) is 1. The monoisotopic (exact) mass is 142 g/mol. The fourth-order valence-electron chi connectivity index (χ4n) is 1.79. The van der Waals surface area contributed by atoms with Gasteiger partial charge in [0.25, 0.3) is 0 Å². The van der Waals surface area contributed by atoms with Crippen LogP contribution in [0.4, 0.5) is 0 Å². The molecule has 0 amide bonds. The second kappa shape index (κ2) is 3.38. The average Bonchev–Trinajstić information content (AvgIpc) is 2.33. The summed E-state index contributed by atoms with van der Waals surface area (Å²) in [6.45, 7) is 2.18. The molecule has 10 heavy (non-hydrogen) atoms. The summed E-state index contributed by atoms with van der Waals surface area (Å²) in [5.41, 5.74) is -0.254. The standard InChI is InChI=1S/C9H18O/c1-2-3-6-9(10)7-4-5-8-9/h10H,2-8H2,1H3. The Labute approximate surface area is 63.4 Å². The van der Waals surface area contributed by atoms with Crippen molar-refractivity contribution in [2.45, 2.75) is 57.5 Å². The topological polar surface area (TPSA) is 20.2 Å². The summed E-state index contributed by atoms with van der Waals surface area (Å²) in [4.78, 5) is 0. The Bertz CT molecular complexity index is 92.9. The first-order valence-corrected chi connectivity index (χ1v) is 4.49. The molecule has 1 heteroatoms. The van der Waals surface area contributed by atoms with Crippen LogP contribution in [0.3, 0.4) is 0 Å². The molecule has 1 rings (SSSR count). The van der Waals surface area contributed by atoms with E-state index in [0.29, 0.717) is 0 Å². The maximum Gasteiger partial charge on any atom is 0.0647 e. The lowest BCUT2D eigenvalue weighted by molar-refractivity contribution is 0.0366. The van der Waals surface area contributed by atoms with Gasteiger partial charge in [-0.3, -0.25) is 0 Å². The molecule has 1 aliphatic rings. The number of hydrogen-bond acceptors (Lipinski definition) is 1. The highest BCUT2D eigenvalue weighted by Gasteiger charge is 2.29. The van der Waals surface area contributed by atoms with Crippen molar-refractivity contribution in [3.63, 3.8) is 0 Å². The van der Waals surface area contributed by atoms with E-state index in [1.54, 1.807) is 0 Å². The zero-order valence-corrected chi connectivity index (χ0v) is 6.90. The van der Waals surface area contributed by atoms with E-state index in [2.05, 4.69) is 6.92 Å². The minimum absolute atomic E-state index is 0.254. The first-order valence-electron chi connectivity index (χ1n) is 4.49. The molecule has 0 radical (unpaired) electrons. The molecular formula is C9H18O. The minimum atomic E-state index is -0.254. The molecule has 0 atom stereocenters. The van der Waals surface area contributed by atoms with Crippen molar-refractivity contribution in [3.05, 3.63) is 0 Å². The van der Waals surface area contributed by atoms with Crippen LogP contribution in [0.25, 0.3) is 0 Å². The fourth-order valence-corrected chi connectivity index (χ4v) is 1.79. The molecule has 0 saturated heterocycles. The van der Waals surface area contributed by atoms with Gasteiger partial charge in [-0.1, -0.05) is 32.6 Å². The summed E-state index contributed by atoms with van der Waals surface area (Å²) in [6.07, 6.45) is 8.00. The van der Waals surface area contributed by atoms with E-state index in [4.69, 9.17) is 0 Å². The van der Waals surface area contributed by atoms with Crippen molar-refractivity contribution in [1.29, 1.82) is 0 Å². The third kappa shape index (κ3) is 1.98. The molecule has 60 valence electrons. The molecule has 0 unspecified atom stereocenters. The van der Waals surface area contributed by atoms with Gasteiger partial charge in [0.2, 0.25) is 0 Å². The summed E-state index contributed by atoms with van der Waals surface area (Å²) >= 11 is 0. The summed E-state index contributed by atoms with van der Waals surface area (Å²) in [5, 5.41) is 9.82. The van der Waals surface area contributed by atoms with Crippen molar-refractivity contribution in [2.24, 2.45) is 0 Å². The second-order valence-electron chi connectivity index (χ2n) is 3.54. The van der Waals surface area contributed by atoms with Gasteiger partial charge in [-0.2, -0.15) is 0 Å². The average molecular weight is 142 g/mol. The lowest BCUT2D eigenvalue weighted by Crippen LogP contribution is -2.23. The van der Waals surface area contributed by atoms with Crippen LogP contribution in [0.2, 0.25) is 0 Å². The predicted octanol–water partition coefficient (Wildman–Crippen LogP) is 2.48. The summed E-state index contributed by atoms with van der Waals surface area (Å²) in [6, 6.07) is 0. The summed E-state index contributed by atoms with van der Waals surface area (Å²) < 4.78 is 0. The van der Waals surface area contributed by atoms with Crippen molar-refractivity contribution in [2.75, 3.05) is 0 Å². The van der Waals surface area contributed by atoms with Gasteiger partial charge in [0.05, 0.1) is 5.60 Å². The van der Waals surface area contributed by atoms with Gasteiger partial charge in [0.15, 0.2) is 0 Å². The van der Waals surface area contributed by atoms with Crippen LogP contribution in [0.15, 0.2) is 0 Å². The van der Waals surface area contributed by atoms with Crippen LogP contribution >= 0.6 is 0 Å². The van der Waals surface area contributed by atoms with Gasteiger partial charge >= 0.3 is 0 Å². The van der Waals surface area contributed by atoms with E-state index in [-0.39, 0.29) is 5.60 Å². The van der Waals surface area contributed by atoms with E-state index in [1.165, 1.54) is 25.7 Å². The normalized spacial score (nSPS) is 23.4. The van der Waals surface area contributed by atoms with Gasteiger partial charge in [-0.15, -0.1) is 0 Å². The summed E-state index contributed by atoms with van der Waals surface area (Å²) in [7, 11) is 0. The molecule has 0 aliphatic heterocycles. The van der Waals surface area contributed by atoms with Gasteiger partial charge in [0.1, 0.15) is 0 Å². The fraction of sp³-hybridized carbons (Fsp3) is 1.00. The quantitative estimate of drug-likeness (QED) is 0.642. The van der Waals surface area contributed by atoms with Gasteiger partial charge in [0, 0.05) is 0 Å². The largest absolute Gasteiger partial charge is 0.390 e. The summed E-state index contributed by atoms with van der Waals surface area (Å²) in [5.74, 6) is 0. The highest BCUT2D eigenvalue weighted by atomic mass is 16.3. The number of unbranched alkanes of at least 4 members (excludes halogenated alkanes) is 1.